The number of aromatic nitrogens is 2. The van der Waals surface area contributed by atoms with Crippen LogP contribution in [-0.2, 0) is 6.54 Å². The van der Waals surface area contributed by atoms with Gasteiger partial charge >= 0.3 is 0 Å². The Balaban J connectivity index is 1.32. The smallest absolute Gasteiger partial charge is 0.294 e. The Kier molecular flexibility index (Phi) is 4.42. The van der Waals surface area contributed by atoms with Gasteiger partial charge in [-0.25, -0.2) is 4.98 Å². The molecule has 2 aromatic carbocycles. The summed E-state index contributed by atoms with van der Waals surface area (Å²) in [5.41, 5.74) is 2.64. The lowest BCUT2D eigenvalue weighted by Crippen LogP contribution is -3.09. The number of fused-ring (bicyclic) bond motifs is 4. The van der Waals surface area contributed by atoms with Crippen molar-refractivity contribution in [2.45, 2.75) is 31.8 Å². The first-order valence-electron chi connectivity index (χ1n) is 10.9. The first kappa shape index (κ1) is 18.4. The fourth-order valence-corrected chi connectivity index (χ4v) is 4.87. The van der Waals surface area contributed by atoms with E-state index >= 15 is 0 Å². The van der Waals surface area contributed by atoms with E-state index in [4.69, 9.17) is 18.9 Å². The van der Waals surface area contributed by atoms with Crippen LogP contribution < -0.4 is 19.9 Å². The highest BCUT2D eigenvalue weighted by Crippen LogP contribution is 2.33. The summed E-state index contributed by atoms with van der Waals surface area (Å²) in [7, 11) is 0. The van der Waals surface area contributed by atoms with E-state index < -0.39 is 0 Å². The molecule has 0 amide bonds. The van der Waals surface area contributed by atoms with Gasteiger partial charge in [0.1, 0.15) is 23.7 Å². The number of quaternary nitrogens is 1. The maximum atomic E-state index is 12.7. The SMILES string of the molecule is O=c1[nH]c(C[NH+]2CCC[C@H]2c2ccc3c(c2)OCCCO3)nc2c1oc1ccccc12. The van der Waals surface area contributed by atoms with Gasteiger partial charge in [-0.15, -0.1) is 0 Å². The van der Waals surface area contributed by atoms with Crippen molar-refractivity contribution in [1.82, 2.24) is 9.97 Å². The third kappa shape index (κ3) is 3.25. The normalized spacial score (nSPS) is 20.9. The van der Waals surface area contributed by atoms with E-state index in [1.165, 1.54) is 10.5 Å². The van der Waals surface area contributed by atoms with Crippen LogP contribution in [0.3, 0.4) is 0 Å². The quantitative estimate of drug-likeness (QED) is 0.535. The zero-order chi connectivity index (χ0) is 20.8. The Hall–Kier alpha value is -3.32. The number of aromatic amines is 1. The maximum Gasteiger partial charge on any atom is 0.294 e. The van der Waals surface area contributed by atoms with E-state index in [-0.39, 0.29) is 5.56 Å². The summed E-state index contributed by atoms with van der Waals surface area (Å²) in [6.45, 7) is 3.07. The van der Waals surface area contributed by atoms with E-state index in [1.54, 1.807) is 0 Å². The van der Waals surface area contributed by atoms with Gasteiger partial charge in [-0.3, -0.25) is 4.79 Å². The van der Waals surface area contributed by atoms with Crippen molar-refractivity contribution >= 4 is 22.1 Å². The largest absolute Gasteiger partial charge is 0.490 e. The van der Waals surface area contributed by atoms with E-state index in [9.17, 15) is 4.79 Å². The molecule has 1 saturated heterocycles. The number of furan rings is 1. The van der Waals surface area contributed by atoms with Crippen LogP contribution in [0.15, 0.2) is 51.7 Å². The fraction of sp³-hybridized carbons (Fsp3) is 0.333. The minimum atomic E-state index is -0.220. The van der Waals surface area contributed by atoms with Gasteiger partial charge in [-0.05, 0) is 30.3 Å². The second-order valence-corrected chi connectivity index (χ2v) is 8.33. The Morgan fingerprint density at radius 3 is 2.87 bits per heavy atom. The van der Waals surface area contributed by atoms with Gasteiger partial charge in [-0.2, -0.15) is 0 Å². The molecule has 7 heteroatoms. The molecule has 1 fully saturated rings. The topological polar surface area (TPSA) is 81.8 Å². The third-order valence-corrected chi connectivity index (χ3v) is 6.33. The number of benzene rings is 2. The Morgan fingerprint density at radius 1 is 1.06 bits per heavy atom. The third-order valence-electron chi connectivity index (χ3n) is 6.33. The lowest BCUT2D eigenvalue weighted by molar-refractivity contribution is -0.932. The highest BCUT2D eigenvalue weighted by molar-refractivity contribution is 6.01. The number of hydrogen-bond donors (Lipinski definition) is 2. The first-order valence-corrected chi connectivity index (χ1v) is 10.9. The number of H-pyrrole nitrogens is 1. The molecule has 2 aromatic heterocycles. The van der Waals surface area contributed by atoms with Gasteiger partial charge in [-0.1, -0.05) is 12.1 Å². The van der Waals surface area contributed by atoms with Crippen LogP contribution in [0.2, 0.25) is 0 Å². The predicted molar refractivity (Wildman–Crippen MR) is 116 cm³/mol. The molecule has 6 rings (SSSR count). The molecule has 158 valence electrons. The summed E-state index contributed by atoms with van der Waals surface area (Å²) in [6, 6.07) is 14.3. The molecule has 0 aliphatic carbocycles. The fourth-order valence-electron chi connectivity index (χ4n) is 4.87. The molecule has 1 unspecified atom stereocenters. The van der Waals surface area contributed by atoms with Crippen LogP contribution >= 0.6 is 0 Å². The number of para-hydroxylation sites is 1. The number of rotatable bonds is 3. The lowest BCUT2D eigenvalue weighted by Gasteiger charge is -2.22. The van der Waals surface area contributed by atoms with Crippen LogP contribution in [0.4, 0.5) is 0 Å². The monoisotopic (exact) mass is 418 g/mol. The Labute approximate surface area is 178 Å². The maximum absolute atomic E-state index is 12.7. The van der Waals surface area contributed by atoms with Gasteiger partial charge in [0, 0.05) is 30.2 Å². The van der Waals surface area contributed by atoms with Crippen LogP contribution in [0, 0.1) is 0 Å². The van der Waals surface area contributed by atoms with Gasteiger partial charge in [0.2, 0.25) is 5.58 Å². The zero-order valence-electron chi connectivity index (χ0n) is 17.1. The minimum Gasteiger partial charge on any atom is -0.490 e. The van der Waals surface area contributed by atoms with Crippen molar-refractivity contribution in [3.8, 4) is 11.5 Å². The van der Waals surface area contributed by atoms with Crippen molar-refractivity contribution < 1.29 is 18.8 Å². The molecule has 0 saturated carbocycles. The molecule has 0 radical (unpaired) electrons. The van der Waals surface area contributed by atoms with Crippen molar-refractivity contribution in [3.05, 3.63) is 64.2 Å². The van der Waals surface area contributed by atoms with Crippen molar-refractivity contribution in [3.63, 3.8) is 0 Å². The summed E-state index contributed by atoms with van der Waals surface area (Å²) < 4.78 is 17.4. The molecule has 4 aromatic rings. The van der Waals surface area contributed by atoms with Gasteiger partial charge in [0.25, 0.3) is 5.56 Å². The van der Waals surface area contributed by atoms with Crippen molar-refractivity contribution in [2.24, 2.45) is 0 Å². The summed E-state index contributed by atoms with van der Waals surface area (Å²) in [5.74, 6) is 2.35. The van der Waals surface area contributed by atoms with E-state index in [1.807, 2.05) is 30.3 Å². The summed E-state index contributed by atoms with van der Waals surface area (Å²) in [4.78, 5) is 21.8. The molecule has 31 heavy (non-hydrogen) atoms. The summed E-state index contributed by atoms with van der Waals surface area (Å²) in [5, 5.41) is 0.876. The van der Waals surface area contributed by atoms with Crippen LogP contribution in [0.25, 0.3) is 22.1 Å². The molecule has 2 aliphatic rings. The number of nitrogens with zero attached hydrogens (tertiary/aromatic N) is 1. The molecular weight excluding hydrogens is 394 g/mol. The van der Waals surface area contributed by atoms with E-state index in [0.717, 1.165) is 42.7 Å². The average Bonchev–Trinajstić information content (AvgIpc) is 3.31. The number of hydrogen-bond acceptors (Lipinski definition) is 5. The second-order valence-electron chi connectivity index (χ2n) is 8.33. The van der Waals surface area contributed by atoms with E-state index in [2.05, 4.69) is 17.1 Å². The standard InChI is InChI=1S/C24H23N3O4/c28-24-23-22(16-5-1-2-7-18(16)31-23)25-21(26-24)14-27-10-3-6-17(27)15-8-9-19-20(13-15)30-12-4-11-29-19/h1-2,5,7-9,13,17H,3-4,6,10-12,14H2,(H,25,26,28)/p+1/t17-/m0/s1. The Bertz CT molecular complexity index is 1330. The summed E-state index contributed by atoms with van der Waals surface area (Å²) in [6.07, 6.45) is 3.13. The molecule has 0 spiro atoms. The van der Waals surface area contributed by atoms with Crippen LogP contribution in [0.5, 0.6) is 11.5 Å². The molecule has 0 bridgehead atoms. The highest BCUT2D eigenvalue weighted by Gasteiger charge is 2.32. The highest BCUT2D eigenvalue weighted by atomic mass is 16.5. The van der Waals surface area contributed by atoms with Crippen LogP contribution in [-0.4, -0.2) is 29.7 Å². The molecule has 7 nitrogen and oxygen atoms in total. The van der Waals surface area contributed by atoms with E-state index in [0.29, 0.717) is 48.3 Å². The number of likely N-dealkylation sites (tertiary alicyclic amines) is 1. The van der Waals surface area contributed by atoms with Crippen LogP contribution in [0.1, 0.15) is 36.7 Å². The molecule has 4 heterocycles. The van der Waals surface area contributed by atoms with Gasteiger partial charge in [0.05, 0.1) is 19.8 Å². The summed E-state index contributed by atoms with van der Waals surface area (Å²) >= 11 is 0. The number of ether oxygens (including phenoxy) is 2. The second kappa shape index (κ2) is 7.42. The molecule has 2 N–H and O–H groups in total. The first-order chi connectivity index (χ1) is 15.3. The zero-order valence-corrected chi connectivity index (χ0v) is 17.1. The van der Waals surface area contributed by atoms with Gasteiger partial charge < -0.3 is 23.8 Å². The minimum absolute atomic E-state index is 0.220. The average molecular weight is 418 g/mol. The number of nitrogens with one attached hydrogen (secondary N) is 2. The van der Waals surface area contributed by atoms with Crippen molar-refractivity contribution in [2.75, 3.05) is 19.8 Å². The van der Waals surface area contributed by atoms with Gasteiger partial charge in [0.15, 0.2) is 17.3 Å². The Morgan fingerprint density at radius 2 is 1.94 bits per heavy atom. The van der Waals surface area contributed by atoms with Crippen molar-refractivity contribution in [1.29, 1.82) is 0 Å². The molecule has 2 aliphatic heterocycles. The molecule has 2 atom stereocenters. The predicted octanol–water partition coefficient (Wildman–Crippen LogP) is 2.75. The molecular formula is C24H24N3O4+. The lowest BCUT2D eigenvalue weighted by atomic mass is 10.0.